The first-order valence-corrected chi connectivity index (χ1v) is 7.19. The molecule has 4 nitrogen and oxygen atoms in total. The van der Waals surface area contributed by atoms with Crippen LogP contribution in [0.4, 0.5) is 5.69 Å². The van der Waals surface area contributed by atoms with Crippen LogP contribution in [-0.2, 0) is 16.0 Å². The summed E-state index contributed by atoms with van der Waals surface area (Å²) < 4.78 is 5.09. The molecule has 20 heavy (non-hydrogen) atoms. The number of rotatable bonds is 6. The van der Waals surface area contributed by atoms with Gasteiger partial charge in [-0.15, -0.1) is 0 Å². The zero-order valence-corrected chi connectivity index (χ0v) is 12.5. The summed E-state index contributed by atoms with van der Waals surface area (Å²) in [6.07, 6.45) is 3.24. The lowest BCUT2D eigenvalue weighted by atomic mass is 9.68. The molecule has 0 bridgehead atoms. The number of thiocarbonyl (C=S) groups is 1. The van der Waals surface area contributed by atoms with Crippen molar-refractivity contribution in [2.45, 2.75) is 25.7 Å². The molecule has 1 amide bonds. The number of hydrogen-bond acceptors (Lipinski definition) is 3. The van der Waals surface area contributed by atoms with Gasteiger partial charge in [-0.3, -0.25) is 4.79 Å². The molecule has 1 aromatic rings. The predicted octanol–water partition coefficient (Wildman–Crippen LogP) is 2.27. The fourth-order valence-corrected chi connectivity index (χ4v) is 2.73. The molecule has 0 aromatic heterocycles. The van der Waals surface area contributed by atoms with Gasteiger partial charge in [-0.05, 0) is 30.9 Å². The molecule has 5 heteroatoms. The number of methoxy groups -OCH3 is 1. The number of nitrogens with one attached hydrogen (secondary N) is 1. The maximum atomic E-state index is 12.5. The van der Waals surface area contributed by atoms with Crippen LogP contribution in [0.5, 0.6) is 0 Å². The molecule has 0 aliphatic heterocycles. The van der Waals surface area contributed by atoms with Crippen molar-refractivity contribution < 1.29 is 9.53 Å². The highest BCUT2D eigenvalue weighted by molar-refractivity contribution is 7.80. The minimum absolute atomic E-state index is 0.0823. The number of amides is 1. The second-order valence-corrected chi connectivity index (χ2v) is 5.59. The standard InChI is InChI=1S/C15H20N2O2S/c1-19-10-7-11-5-2-3-6-12(11)17-14(18)15(13(16)20)8-4-9-15/h2-3,5-6H,4,7-10H2,1H3,(H2,16,20)(H,17,18). The van der Waals surface area contributed by atoms with Crippen molar-refractivity contribution in [1.29, 1.82) is 0 Å². The van der Waals surface area contributed by atoms with Crippen LogP contribution in [0.15, 0.2) is 24.3 Å². The van der Waals surface area contributed by atoms with Crippen LogP contribution in [0.3, 0.4) is 0 Å². The molecule has 108 valence electrons. The average Bonchev–Trinajstić information content (AvgIpc) is 2.36. The minimum atomic E-state index is -0.649. The third-order valence-electron chi connectivity index (χ3n) is 3.95. The normalized spacial score (nSPS) is 16.2. The number of ether oxygens (including phenoxy) is 1. The van der Waals surface area contributed by atoms with Crippen molar-refractivity contribution in [3.63, 3.8) is 0 Å². The van der Waals surface area contributed by atoms with Gasteiger partial charge >= 0.3 is 0 Å². The Hall–Kier alpha value is -1.46. The van der Waals surface area contributed by atoms with Gasteiger partial charge in [0.25, 0.3) is 0 Å². The third-order valence-corrected chi connectivity index (χ3v) is 4.35. The van der Waals surface area contributed by atoms with E-state index in [-0.39, 0.29) is 5.91 Å². The Morgan fingerprint density at radius 1 is 1.45 bits per heavy atom. The van der Waals surface area contributed by atoms with Gasteiger partial charge in [-0.1, -0.05) is 36.8 Å². The summed E-state index contributed by atoms with van der Waals surface area (Å²) in [5.41, 5.74) is 6.98. The van der Waals surface area contributed by atoms with E-state index in [1.165, 1.54) is 0 Å². The number of para-hydroxylation sites is 1. The van der Waals surface area contributed by atoms with Crippen LogP contribution in [-0.4, -0.2) is 24.6 Å². The molecular weight excluding hydrogens is 272 g/mol. The van der Waals surface area contributed by atoms with Gasteiger partial charge in [-0.25, -0.2) is 0 Å². The Labute approximate surface area is 124 Å². The van der Waals surface area contributed by atoms with Crippen LogP contribution in [0.1, 0.15) is 24.8 Å². The summed E-state index contributed by atoms with van der Waals surface area (Å²) in [5, 5.41) is 2.98. The fourth-order valence-electron chi connectivity index (χ4n) is 2.43. The van der Waals surface area contributed by atoms with E-state index < -0.39 is 5.41 Å². The largest absolute Gasteiger partial charge is 0.392 e. The lowest BCUT2D eigenvalue weighted by Crippen LogP contribution is -2.50. The van der Waals surface area contributed by atoms with E-state index >= 15 is 0 Å². The first-order chi connectivity index (χ1) is 9.60. The minimum Gasteiger partial charge on any atom is -0.392 e. The van der Waals surface area contributed by atoms with Gasteiger partial charge in [-0.2, -0.15) is 0 Å². The van der Waals surface area contributed by atoms with E-state index in [1.54, 1.807) is 7.11 Å². The topological polar surface area (TPSA) is 64.3 Å². The van der Waals surface area contributed by atoms with Gasteiger partial charge < -0.3 is 15.8 Å². The summed E-state index contributed by atoms with van der Waals surface area (Å²) in [4.78, 5) is 12.8. The van der Waals surface area contributed by atoms with Crippen LogP contribution in [0.25, 0.3) is 0 Å². The third kappa shape index (κ3) is 2.83. The molecule has 1 fully saturated rings. The molecule has 0 radical (unpaired) electrons. The van der Waals surface area contributed by atoms with Crippen LogP contribution >= 0.6 is 12.2 Å². The zero-order chi connectivity index (χ0) is 14.6. The molecule has 2 rings (SSSR count). The van der Waals surface area contributed by atoms with Crippen molar-refractivity contribution in [2.24, 2.45) is 11.1 Å². The molecule has 1 aromatic carbocycles. The van der Waals surface area contributed by atoms with E-state index in [0.29, 0.717) is 11.6 Å². The number of anilines is 1. The SMILES string of the molecule is COCCc1ccccc1NC(=O)C1(C(N)=S)CCC1. The Morgan fingerprint density at radius 3 is 2.70 bits per heavy atom. The molecule has 1 saturated carbocycles. The number of carbonyl (C=O) groups is 1. The molecule has 3 N–H and O–H groups in total. The lowest BCUT2D eigenvalue weighted by molar-refractivity contribution is -0.125. The highest BCUT2D eigenvalue weighted by atomic mass is 32.1. The molecule has 0 spiro atoms. The summed E-state index contributed by atoms with van der Waals surface area (Å²) in [7, 11) is 1.66. The quantitative estimate of drug-likeness (QED) is 0.790. The molecule has 0 atom stereocenters. The predicted molar refractivity (Wildman–Crippen MR) is 83.7 cm³/mol. The van der Waals surface area contributed by atoms with Crippen molar-refractivity contribution in [1.82, 2.24) is 0 Å². The fraction of sp³-hybridized carbons (Fsp3) is 0.467. The monoisotopic (exact) mass is 292 g/mol. The first kappa shape index (κ1) is 14.9. The summed E-state index contributed by atoms with van der Waals surface area (Å²) in [6.45, 7) is 0.618. The van der Waals surface area contributed by atoms with Crippen molar-refractivity contribution in [3.8, 4) is 0 Å². The Kier molecular flexibility index (Phi) is 4.73. The van der Waals surface area contributed by atoms with E-state index in [4.69, 9.17) is 22.7 Å². The average molecular weight is 292 g/mol. The summed E-state index contributed by atoms with van der Waals surface area (Å²) in [6, 6.07) is 7.74. The Morgan fingerprint density at radius 2 is 2.15 bits per heavy atom. The smallest absolute Gasteiger partial charge is 0.237 e. The van der Waals surface area contributed by atoms with Gasteiger partial charge in [0.15, 0.2) is 0 Å². The first-order valence-electron chi connectivity index (χ1n) is 6.78. The van der Waals surface area contributed by atoms with Gasteiger partial charge in [0, 0.05) is 12.8 Å². The second kappa shape index (κ2) is 6.33. The highest BCUT2D eigenvalue weighted by Crippen LogP contribution is 2.42. The molecule has 0 saturated heterocycles. The van der Waals surface area contributed by atoms with Crippen molar-refractivity contribution in [3.05, 3.63) is 29.8 Å². The van der Waals surface area contributed by atoms with Gasteiger partial charge in [0.2, 0.25) is 5.91 Å². The van der Waals surface area contributed by atoms with Crippen molar-refractivity contribution >= 4 is 28.8 Å². The van der Waals surface area contributed by atoms with E-state index in [1.807, 2.05) is 24.3 Å². The number of benzene rings is 1. The number of nitrogens with two attached hydrogens (primary N) is 1. The second-order valence-electron chi connectivity index (χ2n) is 5.15. The maximum absolute atomic E-state index is 12.5. The maximum Gasteiger partial charge on any atom is 0.237 e. The van der Waals surface area contributed by atoms with Crippen LogP contribution in [0, 0.1) is 5.41 Å². The zero-order valence-electron chi connectivity index (χ0n) is 11.6. The van der Waals surface area contributed by atoms with Crippen LogP contribution < -0.4 is 11.1 Å². The highest BCUT2D eigenvalue weighted by Gasteiger charge is 2.47. The molecule has 1 aliphatic carbocycles. The Bertz CT molecular complexity index is 512. The number of carbonyl (C=O) groups excluding carboxylic acids is 1. The molecule has 0 heterocycles. The van der Waals surface area contributed by atoms with E-state index in [2.05, 4.69) is 5.32 Å². The van der Waals surface area contributed by atoms with E-state index in [0.717, 1.165) is 36.9 Å². The summed E-state index contributed by atoms with van der Waals surface area (Å²) >= 11 is 5.07. The van der Waals surface area contributed by atoms with Crippen molar-refractivity contribution in [2.75, 3.05) is 19.0 Å². The van der Waals surface area contributed by atoms with Gasteiger partial charge in [0.05, 0.1) is 17.0 Å². The van der Waals surface area contributed by atoms with E-state index in [9.17, 15) is 4.79 Å². The molecule has 0 unspecified atom stereocenters. The Balaban J connectivity index is 2.13. The summed E-state index contributed by atoms with van der Waals surface area (Å²) in [5.74, 6) is -0.0823. The van der Waals surface area contributed by atoms with Gasteiger partial charge in [0.1, 0.15) is 0 Å². The number of hydrogen-bond donors (Lipinski definition) is 2. The van der Waals surface area contributed by atoms with Crippen LogP contribution in [0.2, 0.25) is 0 Å². The molecule has 1 aliphatic rings. The lowest BCUT2D eigenvalue weighted by Gasteiger charge is -2.39. The molecular formula is C15H20N2O2S.